The van der Waals surface area contributed by atoms with Crippen LogP contribution < -0.4 is 0 Å². The molecular weight excluding hydrogens is 304 g/mol. The van der Waals surface area contributed by atoms with E-state index in [0.717, 1.165) is 0 Å². The first kappa shape index (κ1) is 19.8. The molecule has 2 aromatic rings. The van der Waals surface area contributed by atoms with Crippen molar-refractivity contribution in [1.82, 2.24) is 9.55 Å². The molecule has 2 atom stereocenters. The fraction of sp³-hybridized carbons (Fsp3) is 0.609. The van der Waals surface area contributed by atoms with E-state index in [2.05, 4.69) is 59.9 Å². The zero-order valence-corrected chi connectivity index (χ0v) is 16.2. The minimum atomic E-state index is 0.558. The van der Waals surface area contributed by atoms with Crippen molar-refractivity contribution in [2.45, 2.75) is 84.1 Å². The topological polar surface area (TPSA) is 17.8 Å². The molecule has 2 unspecified atom stereocenters. The predicted molar refractivity (Wildman–Crippen MR) is 108 cm³/mol. The summed E-state index contributed by atoms with van der Waals surface area (Å²) >= 11 is 0. The molecule has 0 bridgehead atoms. The molecule has 0 aliphatic carbocycles. The van der Waals surface area contributed by atoms with Crippen LogP contribution in [0.1, 0.15) is 83.2 Å². The van der Waals surface area contributed by atoms with Gasteiger partial charge in [0.15, 0.2) is 0 Å². The molecule has 0 amide bonds. The zero-order valence-electron chi connectivity index (χ0n) is 16.2. The SMILES string of the molecule is CCCCCCCCCC(Cc1ccccc1)C(CC)n1ccnc1. The van der Waals surface area contributed by atoms with Crippen LogP contribution in [0.5, 0.6) is 0 Å². The van der Waals surface area contributed by atoms with E-state index in [0.29, 0.717) is 12.0 Å². The summed E-state index contributed by atoms with van der Waals surface area (Å²) in [5.41, 5.74) is 1.47. The fourth-order valence-corrected chi connectivity index (χ4v) is 3.96. The smallest absolute Gasteiger partial charge is 0.0948 e. The number of rotatable bonds is 13. The van der Waals surface area contributed by atoms with Gasteiger partial charge in [-0.05, 0) is 30.7 Å². The van der Waals surface area contributed by atoms with Gasteiger partial charge in [-0.15, -0.1) is 0 Å². The van der Waals surface area contributed by atoms with Gasteiger partial charge in [-0.2, -0.15) is 0 Å². The standard InChI is InChI=1S/C23H36N2/c1-3-5-6-7-8-9-13-16-22(19-21-14-11-10-12-15-21)23(4-2)25-18-17-24-20-25/h10-12,14-15,17-18,20,22-23H,3-9,13,16,19H2,1-2H3. The van der Waals surface area contributed by atoms with Gasteiger partial charge in [0, 0.05) is 18.4 Å². The lowest BCUT2D eigenvalue weighted by atomic mass is 9.86. The van der Waals surface area contributed by atoms with Crippen LogP contribution in [-0.2, 0) is 6.42 Å². The molecule has 0 aliphatic heterocycles. The Kier molecular flexibility index (Phi) is 9.40. The average Bonchev–Trinajstić information content (AvgIpc) is 3.16. The van der Waals surface area contributed by atoms with Crippen LogP contribution in [0, 0.1) is 5.92 Å². The van der Waals surface area contributed by atoms with Gasteiger partial charge >= 0.3 is 0 Å². The van der Waals surface area contributed by atoms with Gasteiger partial charge in [0.05, 0.1) is 6.33 Å². The third kappa shape index (κ3) is 7.05. The molecule has 138 valence electrons. The molecule has 0 saturated carbocycles. The first-order valence-electron chi connectivity index (χ1n) is 10.4. The van der Waals surface area contributed by atoms with Crippen molar-refractivity contribution in [1.29, 1.82) is 0 Å². The molecule has 0 saturated heterocycles. The number of hydrogen-bond donors (Lipinski definition) is 0. The van der Waals surface area contributed by atoms with Crippen molar-refractivity contribution < 1.29 is 0 Å². The summed E-state index contributed by atoms with van der Waals surface area (Å²) in [6.07, 6.45) is 19.4. The molecule has 2 nitrogen and oxygen atoms in total. The van der Waals surface area contributed by atoms with Crippen LogP contribution in [0.3, 0.4) is 0 Å². The largest absolute Gasteiger partial charge is 0.334 e. The molecule has 1 aromatic carbocycles. The van der Waals surface area contributed by atoms with E-state index in [1.807, 2.05) is 12.5 Å². The van der Waals surface area contributed by atoms with Crippen molar-refractivity contribution in [3.8, 4) is 0 Å². The summed E-state index contributed by atoms with van der Waals surface area (Å²) in [7, 11) is 0. The Labute approximate surface area is 154 Å². The molecular formula is C23H36N2. The molecule has 0 N–H and O–H groups in total. The quantitative estimate of drug-likeness (QED) is 0.365. The Hall–Kier alpha value is -1.57. The number of aromatic nitrogens is 2. The van der Waals surface area contributed by atoms with Crippen molar-refractivity contribution in [3.05, 3.63) is 54.6 Å². The number of nitrogens with zero attached hydrogens (tertiary/aromatic N) is 2. The molecule has 2 rings (SSSR count). The van der Waals surface area contributed by atoms with Crippen LogP contribution in [-0.4, -0.2) is 9.55 Å². The molecule has 1 aromatic heterocycles. The lowest BCUT2D eigenvalue weighted by Crippen LogP contribution is -2.20. The van der Waals surface area contributed by atoms with Crippen LogP contribution in [0.15, 0.2) is 49.1 Å². The predicted octanol–water partition coefficient (Wildman–Crippen LogP) is 6.83. The summed E-state index contributed by atoms with van der Waals surface area (Å²) in [6, 6.07) is 11.6. The second-order valence-corrected chi connectivity index (χ2v) is 7.35. The number of benzene rings is 1. The van der Waals surface area contributed by atoms with Crippen LogP contribution >= 0.6 is 0 Å². The Bertz CT molecular complexity index is 532. The van der Waals surface area contributed by atoms with E-state index in [-0.39, 0.29) is 0 Å². The molecule has 0 spiro atoms. The van der Waals surface area contributed by atoms with E-state index in [9.17, 15) is 0 Å². The van der Waals surface area contributed by atoms with Gasteiger partial charge in [-0.25, -0.2) is 4.98 Å². The Balaban J connectivity index is 1.90. The highest BCUT2D eigenvalue weighted by Gasteiger charge is 2.21. The van der Waals surface area contributed by atoms with E-state index in [1.54, 1.807) is 0 Å². The molecule has 0 radical (unpaired) electrons. The zero-order chi connectivity index (χ0) is 17.7. The van der Waals surface area contributed by atoms with Crippen molar-refractivity contribution >= 4 is 0 Å². The lowest BCUT2D eigenvalue weighted by molar-refractivity contribution is 0.290. The minimum Gasteiger partial charge on any atom is -0.334 e. The van der Waals surface area contributed by atoms with Crippen LogP contribution in [0.4, 0.5) is 0 Å². The fourth-order valence-electron chi connectivity index (χ4n) is 3.96. The van der Waals surface area contributed by atoms with Gasteiger partial charge in [-0.3, -0.25) is 0 Å². The first-order valence-corrected chi connectivity index (χ1v) is 10.4. The van der Waals surface area contributed by atoms with Gasteiger partial charge in [-0.1, -0.05) is 89.1 Å². The number of imidazole rings is 1. The maximum atomic E-state index is 4.28. The number of hydrogen-bond acceptors (Lipinski definition) is 1. The maximum absolute atomic E-state index is 4.28. The van der Waals surface area contributed by atoms with E-state index in [1.165, 1.54) is 69.8 Å². The summed E-state index contributed by atoms with van der Waals surface area (Å²) < 4.78 is 2.33. The van der Waals surface area contributed by atoms with Crippen LogP contribution in [0.25, 0.3) is 0 Å². The highest BCUT2D eigenvalue weighted by molar-refractivity contribution is 5.15. The molecule has 1 heterocycles. The van der Waals surface area contributed by atoms with Crippen LogP contribution in [0.2, 0.25) is 0 Å². The van der Waals surface area contributed by atoms with Gasteiger partial charge < -0.3 is 4.57 Å². The Morgan fingerprint density at radius 2 is 1.64 bits per heavy atom. The first-order chi connectivity index (χ1) is 12.3. The Morgan fingerprint density at radius 3 is 2.28 bits per heavy atom. The van der Waals surface area contributed by atoms with Gasteiger partial charge in [0.25, 0.3) is 0 Å². The van der Waals surface area contributed by atoms with E-state index < -0.39 is 0 Å². The monoisotopic (exact) mass is 340 g/mol. The summed E-state index contributed by atoms with van der Waals surface area (Å²) in [4.78, 5) is 4.28. The van der Waals surface area contributed by atoms with Crippen molar-refractivity contribution in [2.75, 3.05) is 0 Å². The third-order valence-corrected chi connectivity index (χ3v) is 5.39. The second kappa shape index (κ2) is 11.9. The highest BCUT2D eigenvalue weighted by atomic mass is 15.1. The lowest BCUT2D eigenvalue weighted by Gasteiger charge is -2.28. The molecule has 2 heteroatoms. The molecule has 0 fully saturated rings. The van der Waals surface area contributed by atoms with E-state index >= 15 is 0 Å². The maximum Gasteiger partial charge on any atom is 0.0948 e. The number of unbranched alkanes of at least 4 members (excludes halogenated alkanes) is 6. The molecule has 0 aliphatic rings. The normalized spacial score (nSPS) is 13.7. The van der Waals surface area contributed by atoms with E-state index in [4.69, 9.17) is 0 Å². The summed E-state index contributed by atoms with van der Waals surface area (Å²) in [5, 5.41) is 0. The van der Waals surface area contributed by atoms with Gasteiger partial charge in [0.2, 0.25) is 0 Å². The van der Waals surface area contributed by atoms with Gasteiger partial charge in [0.1, 0.15) is 0 Å². The van der Waals surface area contributed by atoms with Crippen molar-refractivity contribution in [3.63, 3.8) is 0 Å². The summed E-state index contributed by atoms with van der Waals surface area (Å²) in [5.74, 6) is 0.692. The molecule has 25 heavy (non-hydrogen) atoms. The minimum absolute atomic E-state index is 0.558. The highest BCUT2D eigenvalue weighted by Crippen LogP contribution is 2.30. The average molecular weight is 341 g/mol. The Morgan fingerprint density at radius 1 is 0.920 bits per heavy atom. The third-order valence-electron chi connectivity index (χ3n) is 5.39. The summed E-state index contributed by atoms with van der Waals surface area (Å²) in [6.45, 7) is 4.60. The van der Waals surface area contributed by atoms with Crippen molar-refractivity contribution in [2.24, 2.45) is 5.92 Å². The second-order valence-electron chi connectivity index (χ2n) is 7.35.